The van der Waals surface area contributed by atoms with Crippen molar-refractivity contribution in [2.75, 3.05) is 0 Å². The average molecular weight is 231 g/mol. The summed E-state index contributed by atoms with van der Waals surface area (Å²) in [7, 11) is 0. The third-order valence-corrected chi connectivity index (χ3v) is 2.89. The largest absolute Gasteiger partial charge is 0.384 e. The number of rotatable bonds is 2. The van der Waals surface area contributed by atoms with E-state index < -0.39 is 6.10 Å². The summed E-state index contributed by atoms with van der Waals surface area (Å²) in [4.78, 5) is 3.98. The number of hydrogen-bond acceptors (Lipinski definition) is 2. The molecule has 1 aromatic heterocycles. The van der Waals surface area contributed by atoms with Crippen LogP contribution in [0.3, 0.4) is 0 Å². The zero-order valence-electron chi connectivity index (χ0n) is 9.81. The van der Waals surface area contributed by atoms with Gasteiger partial charge in [0.25, 0.3) is 0 Å². The first kappa shape index (κ1) is 11.7. The number of aliphatic hydroxyl groups is 1. The summed E-state index contributed by atoms with van der Waals surface area (Å²) in [5, 5.41) is 10.2. The van der Waals surface area contributed by atoms with E-state index in [1.54, 1.807) is 31.5 Å². The molecule has 2 rings (SSSR count). The molecule has 0 aliphatic rings. The monoisotopic (exact) mass is 231 g/mol. The van der Waals surface area contributed by atoms with Crippen LogP contribution in [0.1, 0.15) is 28.4 Å². The second kappa shape index (κ2) is 4.63. The Hall–Kier alpha value is -1.74. The molecule has 0 bridgehead atoms. The number of pyridine rings is 1. The Morgan fingerprint density at radius 1 is 1.18 bits per heavy atom. The standard InChI is InChI=1S/C14H14FNO/c1-9-5-6-16-8-12(9)14(17)11-4-3-10(2)13(15)7-11/h3-8,14,17H,1-2H3. The van der Waals surface area contributed by atoms with E-state index in [1.807, 2.05) is 13.0 Å². The van der Waals surface area contributed by atoms with Crippen molar-refractivity contribution in [1.82, 2.24) is 4.98 Å². The summed E-state index contributed by atoms with van der Waals surface area (Å²) < 4.78 is 13.4. The SMILES string of the molecule is Cc1ccc(C(O)c2cnccc2C)cc1F. The number of benzene rings is 1. The minimum atomic E-state index is -0.834. The van der Waals surface area contributed by atoms with Crippen LogP contribution in [0.4, 0.5) is 4.39 Å². The third kappa shape index (κ3) is 2.34. The fraction of sp³-hybridized carbons (Fsp3) is 0.214. The molecule has 1 aromatic carbocycles. The molecule has 1 unspecified atom stereocenters. The van der Waals surface area contributed by atoms with Crippen molar-refractivity contribution in [3.8, 4) is 0 Å². The normalized spacial score (nSPS) is 12.5. The molecule has 0 aliphatic heterocycles. The van der Waals surface area contributed by atoms with E-state index in [2.05, 4.69) is 4.98 Å². The van der Waals surface area contributed by atoms with Gasteiger partial charge in [0.1, 0.15) is 11.9 Å². The molecule has 0 radical (unpaired) electrons. The lowest BCUT2D eigenvalue weighted by Gasteiger charge is -2.14. The topological polar surface area (TPSA) is 33.1 Å². The van der Waals surface area contributed by atoms with Crippen LogP contribution in [0.2, 0.25) is 0 Å². The number of nitrogens with zero attached hydrogens (tertiary/aromatic N) is 1. The van der Waals surface area contributed by atoms with E-state index in [4.69, 9.17) is 0 Å². The summed E-state index contributed by atoms with van der Waals surface area (Å²) in [5.74, 6) is -0.303. The molecule has 0 amide bonds. The van der Waals surface area contributed by atoms with E-state index in [-0.39, 0.29) is 5.82 Å². The second-order valence-corrected chi connectivity index (χ2v) is 4.14. The Balaban J connectivity index is 2.40. The van der Waals surface area contributed by atoms with Gasteiger partial charge in [-0.05, 0) is 42.7 Å². The molecule has 1 N–H and O–H groups in total. The molecule has 2 nitrogen and oxygen atoms in total. The lowest BCUT2D eigenvalue weighted by atomic mass is 9.98. The zero-order valence-corrected chi connectivity index (χ0v) is 9.81. The third-order valence-electron chi connectivity index (χ3n) is 2.89. The summed E-state index contributed by atoms with van der Waals surface area (Å²) >= 11 is 0. The summed E-state index contributed by atoms with van der Waals surface area (Å²) in [6.07, 6.45) is 2.44. The number of aryl methyl sites for hydroxylation is 2. The molecule has 3 heteroatoms. The summed E-state index contributed by atoms with van der Waals surface area (Å²) in [6.45, 7) is 3.59. The van der Waals surface area contributed by atoms with Crippen LogP contribution in [-0.4, -0.2) is 10.1 Å². The number of aromatic nitrogens is 1. The van der Waals surface area contributed by atoms with Gasteiger partial charge in [-0.3, -0.25) is 4.98 Å². The number of halogens is 1. The molecular weight excluding hydrogens is 217 g/mol. The summed E-state index contributed by atoms with van der Waals surface area (Å²) in [6, 6.07) is 6.59. The van der Waals surface area contributed by atoms with Crippen LogP contribution < -0.4 is 0 Å². The molecule has 88 valence electrons. The Morgan fingerprint density at radius 3 is 2.59 bits per heavy atom. The van der Waals surface area contributed by atoms with Gasteiger partial charge in [-0.25, -0.2) is 4.39 Å². The van der Waals surface area contributed by atoms with E-state index in [1.165, 1.54) is 6.07 Å². The van der Waals surface area contributed by atoms with Crippen molar-refractivity contribution in [3.63, 3.8) is 0 Å². The van der Waals surface area contributed by atoms with Gasteiger partial charge in [0.05, 0.1) is 0 Å². The highest BCUT2D eigenvalue weighted by Crippen LogP contribution is 2.25. The van der Waals surface area contributed by atoms with Gasteiger partial charge in [0, 0.05) is 18.0 Å². The van der Waals surface area contributed by atoms with Crippen molar-refractivity contribution in [2.45, 2.75) is 20.0 Å². The second-order valence-electron chi connectivity index (χ2n) is 4.14. The highest BCUT2D eigenvalue weighted by atomic mass is 19.1. The van der Waals surface area contributed by atoms with Crippen LogP contribution in [0, 0.1) is 19.7 Å². The first-order valence-electron chi connectivity index (χ1n) is 5.44. The van der Waals surface area contributed by atoms with Crippen LogP contribution in [0.25, 0.3) is 0 Å². The fourth-order valence-electron chi connectivity index (χ4n) is 1.72. The molecule has 0 saturated heterocycles. The number of aliphatic hydroxyl groups excluding tert-OH is 1. The molecular formula is C14H14FNO. The molecule has 0 aliphatic carbocycles. The van der Waals surface area contributed by atoms with E-state index >= 15 is 0 Å². The molecule has 2 aromatic rings. The van der Waals surface area contributed by atoms with E-state index in [0.717, 1.165) is 5.56 Å². The van der Waals surface area contributed by atoms with Crippen molar-refractivity contribution in [2.24, 2.45) is 0 Å². The maximum atomic E-state index is 13.4. The predicted molar refractivity (Wildman–Crippen MR) is 64.2 cm³/mol. The molecule has 0 fully saturated rings. The van der Waals surface area contributed by atoms with Gasteiger partial charge < -0.3 is 5.11 Å². The van der Waals surface area contributed by atoms with Crippen LogP contribution in [0.5, 0.6) is 0 Å². The van der Waals surface area contributed by atoms with Crippen LogP contribution in [-0.2, 0) is 0 Å². The quantitative estimate of drug-likeness (QED) is 0.862. The average Bonchev–Trinajstić information content (AvgIpc) is 2.32. The molecule has 17 heavy (non-hydrogen) atoms. The lowest BCUT2D eigenvalue weighted by molar-refractivity contribution is 0.218. The van der Waals surface area contributed by atoms with Crippen molar-refractivity contribution >= 4 is 0 Å². The minimum Gasteiger partial charge on any atom is -0.384 e. The molecule has 0 spiro atoms. The number of hydrogen-bond donors (Lipinski definition) is 1. The first-order valence-corrected chi connectivity index (χ1v) is 5.44. The Labute approximate surface area is 99.8 Å². The van der Waals surface area contributed by atoms with E-state index in [9.17, 15) is 9.50 Å². The van der Waals surface area contributed by atoms with Crippen molar-refractivity contribution < 1.29 is 9.50 Å². The van der Waals surface area contributed by atoms with Crippen molar-refractivity contribution in [3.05, 3.63) is 64.7 Å². The van der Waals surface area contributed by atoms with Gasteiger partial charge in [-0.2, -0.15) is 0 Å². The maximum absolute atomic E-state index is 13.4. The van der Waals surface area contributed by atoms with Crippen LogP contribution >= 0.6 is 0 Å². The predicted octanol–water partition coefficient (Wildman–Crippen LogP) is 2.92. The minimum absolute atomic E-state index is 0.303. The Bertz CT molecular complexity index is 539. The van der Waals surface area contributed by atoms with Gasteiger partial charge in [0.2, 0.25) is 0 Å². The van der Waals surface area contributed by atoms with Gasteiger partial charge in [-0.1, -0.05) is 12.1 Å². The highest BCUT2D eigenvalue weighted by molar-refractivity contribution is 5.34. The zero-order chi connectivity index (χ0) is 12.4. The molecule has 0 saturated carbocycles. The van der Waals surface area contributed by atoms with Gasteiger partial charge in [-0.15, -0.1) is 0 Å². The molecule has 1 heterocycles. The molecule has 1 atom stereocenters. The highest BCUT2D eigenvalue weighted by Gasteiger charge is 2.14. The first-order chi connectivity index (χ1) is 8.09. The van der Waals surface area contributed by atoms with Gasteiger partial charge >= 0.3 is 0 Å². The van der Waals surface area contributed by atoms with E-state index in [0.29, 0.717) is 16.7 Å². The van der Waals surface area contributed by atoms with Gasteiger partial charge in [0.15, 0.2) is 0 Å². The van der Waals surface area contributed by atoms with Crippen molar-refractivity contribution in [1.29, 1.82) is 0 Å². The maximum Gasteiger partial charge on any atom is 0.126 e. The van der Waals surface area contributed by atoms with Crippen LogP contribution in [0.15, 0.2) is 36.7 Å². The lowest BCUT2D eigenvalue weighted by Crippen LogP contribution is -2.03. The summed E-state index contributed by atoms with van der Waals surface area (Å²) in [5.41, 5.74) is 2.76. The Kier molecular flexibility index (Phi) is 3.20. The Morgan fingerprint density at radius 2 is 1.94 bits per heavy atom. The smallest absolute Gasteiger partial charge is 0.126 e. The fourth-order valence-corrected chi connectivity index (χ4v) is 1.72.